The molecule has 1 aromatic heterocycles. The monoisotopic (exact) mass is 261 g/mol. The number of thiocarbonyl (C=S) groups is 1. The second kappa shape index (κ2) is 4.97. The quantitative estimate of drug-likeness (QED) is 0.849. The minimum absolute atomic E-state index is 0.244. The minimum Gasteiger partial charge on any atom is -0.389 e. The van der Waals surface area contributed by atoms with Crippen LogP contribution in [0.1, 0.15) is 16.1 Å². The van der Waals surface area contributed by atoms with E-state index < -0.39 is 0 Å². The highest BCUT2D eigenvalue weighted by molar-refractivity contribution is 7.80. The van der Waals surface area contributed by atoms with Crippen LogP contribution in [0.15, 0.2) is 41.1 Å². The van der Waals surface area contributed by atoms with Gasteiger partial charge in [0.2, 0.25) is 0 Å². The molecule has 6 heteroatoms. The molecule has 1 heterocycles. The zero-order chi connectivity index (χ0) is 13.1. The van der Waals surface area contributed by atoms with E-state index in [1.54, 1.807) is 31.3 Å². The van der Waals surface area contributed by atoms with Crippen LogP contribution in [0.25, 0.3) is 0 Å². The van der Waals surface area contributed by atoms with E-state index in [0.717, 1.165) is 11.3 Å². The minimum atomic E-state index is -0.244. The number of carbonyl (C=O) groups excluding carboxylic acids is 1. The Morgan fingerprint density at radius 3 is 2.50 bits per heavy atom. The smallest absolute Gasteiger partial charge is 0.280 e. The van der Waals surface area contributed by atoms with Crippen LogP contribution in [-0.2, 0) is 0 Å². The molecule has 0 unspecified atom stereocenters. The summed E-state index contributed by atoms with van der Waals surface area (Å²) in [6.45, 7) is 0. The number of hydrogen-bond donors (Lipinski definition) is 1. The molecule has 5 nitrogen and oxygen atoms in total. The van der Waals surface area contributed by atoms with Gasteiger partial charge < -0.3 is 15.2 Å². The van der Waals surface area contributed by atoms with Crippen molar-refractivity contribution < 1.29 is 9.32 Å². The third-order valence-corrected chi connectivity index (χ3v) is 2.74. The molecule has 0 aliphatic heterocycles. The number of carbonyl (C=O) groups is 1. The summed E-state index contributed by atoms with van der Waals surface area (Å²) in [6.07, 6.45) is 1.36. The van der Waals surface area contributed by atoms with E-state index in [-0.39, 0.29) is 11.6 Å². The van der Waals surface area contributed by atoms with Crippen molar-refractivity contribution in [2.45, 2.75) is 0 Å². The van der Waals surface area contributed by atoms with E-state index in [0.29, 0.717) is 4.99 Å². The van der Waals surface area contributed by atoms with Gasteiger partial charge in [0.25, 0.3) is 5.91 Å². The highest BCUT2D eigenvalue weighted by Gasteiger charge is 2.15. The first-order valence-corrected chi connectivity index (χ1v) is 5.58. The van der Waals surface area contributed by atoms with Crippen molar-refractivity contribution in [3.63, 3.8) is 0 Å². The number of aromatic nitrogens is 1. The van der Waals surface area contributed by atoms with Crippen molar-refractivity contribution in [2.75, 3.05) is 11.9 Å². The predicted molar refractivity (Wildman–Crippen MR) is 71.6 cm³/mol. The zero-order valence-electron chi connectivity index (χ0n) is 9.66. The van der Waals surface area contributed by atoms with Crippen LogP contribution in [0.2, 0.25) is 0 Å². The fourth-order valence-electron chi connectivity index (χ4n) is 1.46. The Labute approximate surface area is 109 Å². The SMILES string of the molecule is CN(C(=O)c1ccon1)c1ccc(C(N)=S)cc1. The lowest BCUT2D eigenvalue weighted by atomic mass is 10.2. The van der Waals surface area contributed by atoms with Gasteiger partial charge in [-0.05, 0) is 24.3 Å². The van der Waals surface area contributed by atoms with Gasteiger partial charge in [0, 0.05) is 24.4 Å². The van der Waals surface area contributed by atoms with Crippen molar-refractivity contribution in [2.24, 2.45) is 5.73 Å². The summed E-state index contributed by atoms with van der Waals surface area (Å²) < 4.78 is 4.64. The van der Waals surface area contributed by atoms with Crippen LogP contribution in [0.3, 0.4) is 0 Å². The van der Waals surface area contributed by atoms with Gasteiger partial charge in [-0.2, -0.15) is 0 Å². The second-order valence-electron chi connectivity index (χ2n) is 3.66. The van der Waals surface area contributed by atoms with Crippen molar-refractivity contribution in [1.29, 1.82) is 0 Å². The van der Waals surface area contributed by atoms with E-state index in [2.05, 4.69) is 9.68 Å². The van der Waals surface area contributed by atoms with Crippen molar-refractivity contribution in [1.82, 2.24) is 5.16 Å². The molecule has 0 atom stereocenters. The van der Waals surface area contributed by atoms with Crippen LogP contribution in [0.4, 0.5) is 5.69 Å². The summed E-state index contributed by atoms with van der Waals surface area (Å²) in [5.41, 5.74) is 7.25. The second-order valence-corrected chi connectivity index (χ2v) is 4.10. The van der Waals surface area contributed by atoms with Gasteiger partial charge in [-0.3, -0.25) is 4.79 Å². The molecule has 0 saturated heterocycles. The predicted octanol–water partition coefficient (Wildman–Crippen LogP) is 1.59. The maximum atomic E-state index is 12.0. The lowest BCUT2D eigenvalue weighted by molar-refractivity contribution is 0.0984. The molecule has 0 saturated carbocycles. The molecule has 1 aromatic carbocycles. The van der Waals surface area contributed by atoms with Gasteiger partial charge in [-0.1, -0.05) is 17.4 Å². The first kappa shape index (κ1) is 12.3. The molecular formula is C12H11N3O2S. The topological polar surface area (TPSA) is 72.4 Å². The Morgan fingerprint density at radius 2 is 2.00 bits per heavy atom. The summed E-state index contributed by atoms with van der Waals surface area (Å²) in [7, 11) is 1.66. The zero-order valence-corrected chi connectivity index (χ0v) is 10.5. The molecule has 0 aliphatic rings. The Balaban J connectivity index is 2.21. The molecule has 2 N–H and O–H groups in total. The molecule has 1 amide bonds. The number of amides is 1. The third-order valence-electron chi connectivity index (χ3n) is 2.50. The summed E-state index contributed by atoms with van der Waals surface area (Å²) >= 11 is 4.86. The number of nitrogens with zero attached hydrogens (tertiary/aromatic N) is 2. The van der Waals surface area contributed by atoms with E-state index >= 15 is 0 Å². The van der Waals surface area contributed by atoms with E-state index in [1.807, 2.05) is 0 Å². The average molecular weight is 261 g/mol. The van der Waals surface area contributed by atoms with Gasteiger partial charge in [0.15, 0.2) is 5.69 Å². The fourth-order valence-corrected chi connectivity index (χ4v) is 1.60. The number of rotatable bonds is 3. The molecular weight excluding hydrogens is 250 g/mol. The van der Waals surface area contributed by atoms with Crippen LogP contribution in [-0.4, -0.2) is 23.1 Å². The van der Waals surface area contributed by atoms with Crippen LogP contribution in [0, 0.1) is 0 Å². The van der Waals surface area contributed by atoms with Crippen LogP contribution in [0.5, 0.6) is 0 Å². The highest BCUT2D eigenvalue weighted by Crippen LogP contribution is 2.16. The van der Waals surface area contributed by atoms with Crippen LogP contribution < -0.4 is 10.6 Å². The summed E-state index contributed by atoms with van der Waals surface area (Å²) in [5.74, 6) is -0.244. The highest BCUT2D eigenvalue weighted by atomic mass is 32.1. The lowest BCUT2D eigenvalue weighted by Gasteiger charge is -2.15. The maximum Gasteiger partial charge on any atom is 0.280 e. The maximum absolute atomic E-state index is 12.0. The number of benzene rings is 1. The number of anilines is 1. The van der Waals surface area contributed by atoms with Gasteiger partial charge in [-0.25, -0.2) is 0 Å². The van der Waals surface area contributed by atoms with E-state index in [1.165, 1.54) is 17.2 Å². The van der Waals surface area contributed by atoms with Gasteiger partial charge in [0.05, 0.1) is 0 Å². The molecule has 0 spiro atoms. The molecule has 0 bridgehead atoms. The largest absolute Gasteiger partial charge is 0.389 e. The van der Waals surface area contributed by atoms with Gasteiger partial charge in [0.1, 0.15) is 11.3 Å². The lowest BCUT2D eigenvalue weighted by Crippen LogP contribution is -2.26. The first-order chi connectivity index (χ1) is 8.59. The summed E-state index contributed by atoms with van der Waals surface area (Å²) in [4.78, 5) is 13.8. The fraction of sp³-hybridized carbons (Fsp3) is 0.0833. The summed E-state index contributed by atoms with van der Waals surface area (Å²) in [6, 6.07) is 8.59. The average Bonchev–Trinajstić information content (AvgIpc) is 2.91. The Morgan fingerprint density at radius 1 is 1.33 bits per heavy atom. The molecule has 0 radical (unpaired) electrons. The van der Waals surface area contributed by atoms with E-state index in [4.69, 9.17) is 18.0 Å². The first-order valence-electron chi connectivity index (χ1n) is 5.18. The van der Waals surface area contributed by atoms with Crippen molar-refractivity contribution in [3.05, 3.63) is 47.9 Å². The van der Waals surface area contributed by atoms with Crippen LogP contribution >= 0.6 is 12.2 Å². The normalized spacial score (nSPS) is 10.1. The third kappa shape index (κ3) is 2.38. The molecule has 0 aliphatic carbocycles. The Kier molecular flexibility index (Phi) is 3.38. The molecule has 2 aromatic rings. The molecule has 18 heavy (non-hydrogen) atoms. The molecule has 92 valence electrons. The molecule has 2 rings (SSSR count). The standard InChI is InChI=1S/C12H11N3O2S/c1-15(12(16)10-6-7-17-14-10)9-4-2-8(3-5-9)11(13)18/h2-7H,1H3,(H2,13,18). The Hall–Kier alpha value is -2.21. The van der Waals surface area contributed by atoms with Crippen molar-refractivity contribution in [3.8, 4) is 0 Å². The van der Waals surface area contributed by atoms with Gasteiger partial charge >= 0.3 is 0 Å². The molecule has 0 fully saturated rings. The van der Waals surface area contributed by atoms with Crippen molar-refractivity contribution >= 4 is 28.8 Å². The number of hydrogen-bond acceptors (Lipinski definition) is 4. The number of nitrogens with two attached hydrogens (primary N) is 1. The Bertz CT molecular complexity index is 564. The van der Waals surface area contributed by atoms with E-state index in [9.17, 15) is 4.79 Å². The summed E-state index contributed by atoms with van der Waals surface area (Å²) in [5, 5.41) is 3.60. The van der Waals surface area contributed by atoms with Gasteiger partial charge in [-0.15, -0.1) is 0 Å².